The number of piperazine rings is 1. The van der Waals surface area contributed by atoms with Gasteiger partial charge in [0.1, 0.15) is 22.9 Å². The van der Waals surface area contributed by atoms with Crippen LogP contribution in [0.4, 0.5) is 5.69 Å². The molecule has 14 nitrogen and oxygen atoms in total. The molecule has 16 heteroatoms. The monoisotopic (exact) mass is 851 g/mol. The van der Waals surface area contributed by atoms with Gasteiger partial charge in [-0.2, -0.15) is 0 Å². The number of nitrogens with zero attached hydrogens (tertiary/aromatic N) is 7. The Morgan fingerprint density at radius 3 is 2.37 bits per heavy atom. The standard InChI is InChI=1S/C44H50ClN9O5S/c1-26-27(2)60-44-37(26)39(29-13-15-30(45)16-14-29)47-32(40-50-49-28(3)53(40)44)25-36(56)46-19-8-6-4-5-7-9-20-51-21-23-52(24-22-51)33-12-10-11-31-38(33)43(59)54(42(31)58)34-17-18-35(55)48-41(34)57/h10-16,32,34H,4-9,17-25H2,1-3H3,(H,46,56)(H,48,55,57)/t32-,34?/m0/s1. The van der Waals surface area contributed by atoms with Crippen LogP contribution in [-0.2, 0) is 14.4 Å². The Bertz CT molecular complexity index is 2360. The number of carbonyl (C=O) groups is 5. The van der Waals surface area contributed by atoms with Gasteiger partial charge >= 0.3 is 0 Å². The summed E-state index contributed by atoms with van der Waals surface area (Å²) in [6, 6.07) is 11.5. The van der Waals surface area contributed by atoms with E-state index in [4.69, 9.17) is 16.6 Å². The number of aryl methyl sites for hydroxylation is 2. The first-order chi connectivity index (χ1) is 29.0. The fourth-order valence-corrected chi connectivity index (χ4v) is 10.1. The van der Waals surface area contributed by atoms with Gasteiger partial charge in [0.25, 0.3) is 11.8 Å². The Morgan fingerprint density at radius 2 is 1.62 bits per heavy atom. The fourth-order valence-electron chi connectivity index (χ4n) is 8.75. The van der Waals surface area contributed by atoms with Crippen LogP contribution < -0.4 is 15.5 Å². The number of unbranched alkanes of at least 4 members (excludes halogenated alkanes) is 5. The summed E-state index contributed by atoms with van der Waals surface area (Å²) in [4.78, 5) is 76.4. The maximum Gasteiger partial charge on any atom is 0.264 e. The minimum absolute atomic E-state index is 0.0596. The molecule has 0 aliphatic carbocycles. The van der Waals surface area contributed by atoms with Gasteiger partial charge in [0.05, 0.1) is 28.9 Å². The van der Waals surface area contributed by atoms with Gasteiger partial charge in [-0.3, -0.25) is 48.6 Å². The lowest BCUT2D eigenvalue weighted by molar-refractivity contribution is -0.136. The molecule has 2 saturated heterocycles. The van der Waals surface area contributed by atoms with Gasteiger partial charge in [0.2, 0.25) is 17.7 Å². The quantitative estimate of drug-likeness (QED) is 0.117. The summed E-state index contributed by atoms with van der Waals surface area (Å²) in [7, 11) is 0. The molecule has 0 saturated carbocycles. The highest BCUT2D eigenvalue weighted by molar-refractivity contribution is 7.15. The summed E-state index contributed by atoms with van der Waals surface area (Å²) in [5.41, 5.74) is 5.35. The van der Waals surface area contributed by atoms with Crippen LogP contribution in [-0.4, -0.2) is 105 Å². The lowest BCUT2D eigenvalue weighted by Gasteiger charge is -2.36. The van der Waals surface area contributed by atoms with E-state index in [0.717, 1.165) is 115 Å². The Hall–Kier alpha value is -5.25. The lowest BCUT2D eigenvalue weighted by atomic mass is 9.99. The zero-order valence-corrected chi connectivity index (χ0v) is 35.8. The van der Waals surface area contributed by atoms with Crippen LogP contribution in [0.25, 0.3) is 5.00 Å². The molecule has 0 radical (unpaired) electrons. The maximum absolute atomic E-state index is 13.6. The van der Waals surface area contributed by atoms with Gasteiger partial charge in [0, 0.05) is 60.2 Å². The molecule has 2 N–H and O–H groups in total. The molecule has 2 fully saturated rings. The van der Waals surface area contributed by atoms with Gasteiger partial charge in [0.15, 0.2) is 5.82 Å². The number of hydrogen-bond acceptors (Lipinski definition) is 11. The number of hydrogen-bond donors (Lipinski definition) is 2. The number of thiophene rings is 1. The molecule has 2 aromatic heterocycles. The number of piperidine rings is 1. The number of benzene rings is 2. The summed E-state index contributed by atoms with van der Waals surface area (Å²) in [5, 5.41) is 16.0. The van der Waals surface area contributed by atoms with Crippen LogP contribution in [0.5, 0.6) is 0 Å². The molecule has 1 unspecified atom stereocenters. The van der Waals surface area contributed by atoms with E-state index in [1.807, 2.05) is 37.3 Å². The molecule has 4 aliphatic heterocycles. The Morgan fingerprint density at radius 1 is 0.883 bits per heavy atom. The molecule has 0 bridgehead atoms. The van der Waals surface area contributed by atoms with Crippen LogP contribution in [0.3, 0.4) is 0 Å². The highest BCUT2D eigenvalue weighted by Crippen LogP contribution is 2.40. The summed E-state index contributed by atoms with van der Waals surface area (Å²) in [6.07, 6.45) is 6.81. The molecule has 0 spiro atoms. The van der Waals surface area contributed by atoms with E-state index in [0.29, 0.717) is 28.5 Å². The van der Waals surface area contributed by atoms with Crippen molar-refractivity contribution in [1.29, 1.82) is 0 Å². The number of anilines is 1. The number of halogens is 1. The first-order valence-corrected chi connectivity index (χ1v) is 22.1. The van der Waals surface area contributed by atoms with Crippen molar-refractivity contribution in [3.63, 3.8) is 0 Å². The van der Waals surface area contributed by atoms with E-state index in [1.165, 1.54) is 4.88 Å². The van der Waals surface area contributed by atoms with E-state index in [-0.39, 0.29) is 25.2 Å². The van der Waals surface area contributed by atoms with Gasteiger partial charge < -0.3 is 10.2 Å². The second kappa shape index (κ2) is 17.8. The van der Waals surface area contributed by atoms with Crippen molar-refractivity contribution in [3.05, 3.63) is 91.8 Å². The Kier molecular flexibility index (Phi) is 12.3. The van der Waals surface area contributed by atoms with Crippen molar-refractivity contribution in [2.75, 3.05) is 44.2 Å². The zero-order valence-electron chi connectivity index (χ0n) is 34.3. The van der Waals surface area contributed by atoms with Crippen LogP contribution in [0, 0.1) is 20.8 Å². The minimum atomic E-state index is -0.978. The Labute approximate surface area is 358 Å². The summed E-state index contributed by atoms with van der Waals surface area (Å²) >= 11 is 7.93. The van der Waals surface area contributed by atoms with E-state index >= 15 is 0 Å². The SMILES string of the molecule is Cc1sc2c(c1C)C(c1ccc(Cl)cc1)=N[C@@H](CC(=O)NCCCCCCCCN1CCN(c3cccc4c3C(=O)N(C3CCC(=O)NC3=O)C4=O)CC1)c1nnc(C)n1-2. The second-order valence-corrected chi connectivity index (χ2v) is 17.7. The van der Waals surface area contributed by atoms with Gasteiger partial charge in [-0.15, -0.1) is 21.5 Å². The third kappa shape index (κ3) is 8.26. The van der Waals surface area contributed by atoms with Gasteiger partial charge in [-0.05, 0) is 76.4 Å². The minimum Gasteiger partial charge on any atom is -0.368 e. The van der Waals surface area contributed by atoms with Crippen LogP contribution in [0.15, 0.2) is 47.5 Å². The van der Waals surface area contributed by atoms with E-state index in [1.54, 1.807) is 23.5 Å². The number of rotatable bonds is 14. The molecule has 2 atom stereocenters. The summed E-state index contributed by atoms with van der Waals surface area (Å²) < 4.78 is 2.06. The third-order valence-corrected chi connectivity index (χ3v) is 13.6. The topological polar surface area (TPSA) is 162 Å². The van der Waals surface area contributed by atoms with Crippen LogP contribution in [0.1, 0.15) is 118 Å². The zero-order chi connectivity index (χ0) is 42.1. The molecule has 2 aromatic carbocycles. The van der Waals surface area contributed by atoms with Crippen molar-refractivity contribution in [2.45, 2.75) is 90.6 Å². The molecule has 60 heavy (non-hydrogen) atoms. The average Bonchev–Trinajstić information content (AvgIpc) is 3.81. The average molecular weight is 852 g/mol. The smallest absolute Gasteiger partial charge is 0.264 e. The van der Waals surface area contributed by atoms with Crippen LogP contribution in [0.2, 0.25) is 5.02 Å². The van der Waals surface area contributed by atoms with Crippen molar-refractivity contribution >= 4 is 63.9 Å². The largest absolute Gasteiger partial charge is 0.368 e. The Balaban J connectivity index is 0.759. The van der Waals surface area contributed by atoms with Crippen molar-refractivity contribution < 1.29 is 24.0 Å². The maximum atomic E-state index is 13.6. The van der Waals surface area contributed by atoms with E-state index < -0.39 is 35.7 Å². The van der Waals surface area contributed by atoms with Crippen LogP contribution >= 0.6 is 22.9 Å². The second-order valence-electron chi connectivity index (χ2n) is 16.1. The fraction of sp³-hybridized carbons (Fsp3) is 0.455. The van der Waals surface area contributed by atoms with Gasteiger partial charge in [-0.25, -0.2) is 0 Å². The number of aromatic nitrogens is 3. The number of aliphatic imine (C=N–C) groups is 1. The number of amides is 5. The lowest BCUT2D eigenvalue weighted by Crippen LogP contribution is -2.54. The highest BCUT2D eigenvalue weighted by Gasteiger charge is 2.46. The van der Waals surface area contributed by atoms with E-state index in [2.05, 4.69) is 49.0 Å². The summed E-state index contributed by atoms with van der Waals surface area (Å²) in [6.45, 7) is 10.9. The predicted octanol–water partition coefficient (Wildman–Crippen LogP) is 5.87. The van der Waals surface area contributed by atoms with Gasteiger partial charge in [-0.1, -0.05) is 55.5 Å². The first-order valence-electron chi connectivity index (χ1n) is 20.9. The molecule has 5 amide bonds. The van der Waals surface area contributed by atoms with E-state index in [9.17, 15) is 24.0 Å². The molecular formula is C44H50ClN9O5S. The molecule has 8 rings (SSSR count). The number of nitrogens with one attached hydrogen (secondary N) is 2. The van der Waals surface area contributed by atoms with Crippen molar-refractivity contribution in [3.8, 4) is 5.00 Å². The predicted molar refractivity (Wildman–Crippen MR) is 230 cm³/mol. The molecule has 4 aliphatic rings. The van der Waals surface area contributed by atoms with Crippen molar-refractivity contribution in [1.82, 2.24) is 35.2 Å². The summed E-state index contributed by atoms with van der Waals surface area (Å²) in [5.74, 6) is -0.570. The normalized spacial score (nSPS) is 19.2. The third-order valence-electron chi connectivity index (χ3n) is 12.1. The highest BCUT2D eigenvalue weighted by atomic mass is 35.5. The number of fused-ring (bicyclic) bond motifs is 4. The first kappa shape index (κ1) is 41.5. The molecule has 4 aromatic rings. The van der Waals surface area contributed by atoms with Crippen molar-refractivity contribution in [2.24, 2.45) is 4.99 Å². The molecule has 6 heterocycles. The molecule has 314 valence electrons. The number of imide groups is 2. The number of carbonyl (C=O) groups excluding carboxylic acids is 5. The molecular weight excluding hydrogens is 802 g/mol.